The maximum Gasteiger partial charge on any atom is 0.240 e. The summed E-state index contributed by atoms with van der Waals surface area (Å²) in [5.74, 6) is 2.14. The SMILES string of the molecule is COc1ccc(-c2noc(CN)n2)cc1OC.Cl. The van der Waals surface area contributed by atoms with Gasteiger partial charge in [0.15, 0.2) is 11.5 Å². The van der Waals surface area contributed by atoms with Gasteiger partial charge in [-0.3, -0.25) is 0 Å². The van der Waals surface area contributed by atoms with Crippen molar-refractivity contribution in [3.05, 3.63) is 24.1 Å². The number of methoxy groups -OCH3 is 2. The van der Waals surface area contributed by atoms with Crippen LogP contribution in [0, 0.1) is 0 Å². The highest BCUT2D eigenvalue weighted by atomic mass is 35.5. The van der Waals surface area contributed by atoms with E-state index in [0.29, 0.717) is 23.2 Å². The Kier molecular flexibility index (Phi) is 4.94. The maximum atomic E-state index is 5.40. The topological polar surface area (TPSA) is 83.4 Å². The summed E-state index contributed by atoms with van der Waals surface area (Å²) in [5, 5.41) is 3.83. The molecule has 98 valence electrons. The predicted molar refractivity (Wildman–Crippen MR) is 68.0 cm³/mol. The summed E-state index contributed by atoms with van der Waals surface area (Å²) < 4.78 is 15.3. The van der Waals surface area contributed by atoms with Crippen LogP contribution in [-0.2, 0) is 6.54 Å². The lowest BCUT2D eigenvalue weighted by Crippen LogP contribution is -1.95. The van der Waals surface area contributed by atoms with Gasteiger partial charge in [0.1, 0.15) is 0 Å². The molecule has 0 aliphatic rings. The molecule has 2 aromatic rings. The summed E-state index contributed by atoms with van der Waals surface area (Å²) in [4.78, 5) is 4.13. The first-order valence-electron chi connectivity index (χ1n) is 5.03. The minimum Gasteiger partial charge on any atom is -0.493 e. The third kappa shape index (κ3) is 2.72. The number of hydrogen-bond acceptors (Lipinski definition) is 6. The standard InChI is InChI=1S/C11H13N3O3.ClH/c1-15-8-4-3-7(5-9(8)16-2)11-13-10(6-12)17-14-11;/h3-5H,6,12H2,1-2H3;1H. The zero-order valence-electron chi connectivity index (χ0n) is 10.0. The molecule has 0 amide bonds. The molecule has 0 atom stereocenters. The minimum absolute atomic E-state index is 0. The summed E-state index contributed by atoms with van der Waals surface area (Å²) in [6.45, 7) is 0.223. The molecule has 1 aromatic heterocycles. The highest BCUT2D eigenvalue weighted by Crippen LogP contribution is 2.31. The molecule has 0 aliphatic heterocycles. The molecule has 18 heavy (non-hydrogen) atoms. The van der Waals surface area contributed by atoms with E-state index in [0.717, 1.165) is 5.56 Å². The number of benzene rings is 1. The first-order valence-corrected chi connectivity index (χ1v) is 5.03. The monoisotopic (exact) mass is 271 g/mol. The molecular weight excluding hydrogens is 258 g/mol. The molecule has 0 spiro atoms. The smallest absolute Gasteiger partial charge is 0.240 e. The quantitative estimate of drug-likeness (QED) is 0.910. The average Bonchev–Trinajstić information content (AvgIpc) is 2.86. The van der Waals surface area contributed by atoms with Crippen LogP contribution in [0.25, 0.3) is 11.4 Å². The Morgan fingerprint density at radius 3 is 2.50 bits per heavy atom. The van der Waals surface area contributed by atoms with E-state index < -0.39 is 0 Å². The summed E-state index contributed by atoms with van der Waals surface area (Å²) in [7, 11) is 3.15. The van der Waals surface area contributed by atoms with E-state index in [4.69, 9.17) is 19.7 Å². The fourth-order valence-electron chi connectivity index (χ4n) is 1.43. The number of halogens is 1. The van der Waals surface area contributed by atoms with E-state index in [-0.39, 0.29) is 19.0 Å². The van der Waals surface area contributed by atoms with Crippen LogP contribution in [0.4, 0.5) is 0 Å². The fraction of sp³-hybridized carbons (Fsp3) is 0.273. The molecule has 6 nitrogen and oxygen atoms in total. The highest BCUT2D eigenvalue weighted by molar-refractivity contribution is 5.85. The van der Waals surface area contributed by atoms with Crippen molar-refractivity contribution in [2.24, 2.45) is 5.73 Å². The van der Waals surface area contributed by atoms with Crippen LogP contribution in [0.15, 0.2) is 22.7 Å². The molecule has 0 saturated carbocycles. The van der Waals surface area contributed by atoms with E-state index in [1.165, 1.54) is 0 Å². The number of aromatic nitrogens is 2. The molecule has 7 heteroatoms. The maximum absolute atomic E-state index is 5.40. The lowest BCUT2D eigenvalue weighted by atomic mass is 10.2. The Labute approximate surface area is 110 Å². The Balaban J connectivity index is 0.00000162. The average molecular weight is 272 g/mol. The zero-order valence-corrected chi connectivity index (χ0v) is 10.9. The van der Waals surface area contributed by atoms with Crippen molar-refractivity contribution < 1.29 is 14.0 Å². The second kappa shape index (κ2) is 6.23. The van der Waals surface area contributed by atoms with Crippen molar-refractivity contribution in [1.82, 2.24) is 10.1 Å². The van der Waals surface area contributed by atoms with Gasteiger partial charge in [-0.2, -0.15) is 4.98 Å². The Hall–Kier alpha value is -1.79. The van der Waals surface area contributed by atoms with Crippen LogP contribution < -0.4 is 15.2 Å². The number of nitrogens with two attached hydrogens (primary N) is 1. The van der Waals surface area contributed by atoms with Crippen LogP contribution in [0.2, 0.25) is 0 Å². The van der Waals surface area contributed by atoms with Crippen molar-refractivity contribution in [1.29, 1.82) is 0 Å². The predicted octanol–water partition coefficient (Wildman–Crippen LogP) is 1.63. The summed E-state index contributed by atoms with van der Waals surface area (Å²) in [5.41, 5.74) is 6.19. The van der Waals surface area contributed by atoms with Crippen molar-refractivity contribution in [3.63, 3.8) is 0 Å². The largest absolute Gasteiger partial charge is 0.493 e. The van der Waals surface area contributed by atoms with Crippen LogP contribution in [0.3, 0.4) is 0 Å². The number of hydrogen-bond donors (Lipinski definition) is 1. The molecular formula is C11H14ClN3O3. The van der Waals surface area contributed by atoms with Crippen LogP contribution >= 0.6 is 12.4 Å². The van der Waals surface area contributed by atoms with Crippen LogP contribution in [0.1, 0.15) is 5.89 Å². The Bertz CT molecular complexity index is 516. The van der Waals surface area contributed by atoms with Crippen LogP contribution in [-0.4, -0.2) is 24.4 Å². The van der Waals surface area contributed by atoms with Crippen molar-refractivity contribution >= 4 is 12.4 Å². The van der Waals surface area contributed by atoms with E-state index in [9.17, 15) is 0 Å². The van der Waals surface area contributed by atoms with Gasteiger partial charge in [-0.25, -0.2) is 0 Å². The van der Waals surface area contributed by atoms with Gasteiger partial charge < -0.3 is 19.7 Å². The van der Waals surface area contributed by atoms with Crippen molar-refractivity contribution in [3.8, 4) is 22.9 Å². The van der Waals surface area contributed by atoms with Crippen molar-refractivity contribution in [2.75, 3.05) is 14.2 Å². The molecule has 1 aromatic carbocycles. The molecule has 0 unspecified atom stereocenters. The van der Waals surface area contributed by atoms with Gasteiger partial charge in [0.25, 0.3) is 0 Å². The number of ether oxygens (including phenoxy) is 2. The van der Waals surface area contributed by atoms with Gasteiger partial charge in [0, 0.05) is 5.56 Å². The molecule has 1 heterocycles. The molecule has 2 rings (SSSR count). The van der Waals surface area contributed by atoms with Gasteiger partial charge in [-0.1, -0.05) is 5.16 Å². The van der Waals surface area contributed by atoms with Gasteiger partial charge in [0.05, 0.1) is 20.8 Å². The summed E-state index contributed by atoms with van der Waals surface area (Å²) >= 11 is 0. The Morgan fingerprint density at radius 2 is 1.94 bits per heavy atom. The van der Waals surface area contributed by atoms with E-state index in [2.05, 4.69) is 10.1 Å². The lowest BCUT2D eigenvalue weighted by molar-refractivity contribution is 0.355. The second-order valence-electron chi connectivity index (χ2n) is 3.29. The van der Waals surface area contributed by atoms with Gasteiger partial charge >= 0.3 is 0 Å². The van der Waals surface area contributed by atoms with Crippen LogP contribution in [0.5, 0.6) is 11.5 Å². The first kappa shape index (κ1) is 14.3. The molecule has 0 saturated heterocycles. The lowest BCUT2D eigenvalue weighted by Gasteiger charge is -2.07. The molecule has 0 aliphatic carbocycles. The van der Waals surface area contributed by atoms with E-state index in [1.54, 1.807) is 26.4 Å². The zero-order chi connectivity index (χ0) is 12.3. The fourth-order valence-corrected chi connectivity index (χ4v) is 1.43. The highest BCUT2D eigenvalue weighted by Gasteiger charge is 2.11. The normalized spacial score (nSPS) is 9.72. The minimum atomic E-state index is 0. The second-order valence-corrected chi connectivity index (χ2v) is 3.29. The molecule has 2 N–H and O–H groups in total. The molecule has 0 radical (unpaired) electrons. The number of nitrogens with zero attached hydrogens (tertiary/aromatic N) is 2. The Morgan fingerprint density at radius 1 is 1.22 bits per heavy atom. The third-order valence-electron chi connectivity index (χ3n) is 2.28. The third-order valence-corrected chi connectivity index (χ3v) is 2.28. The summed E-state index contributed by atoms with van der Waals surface area (Å²) in [6.07, 6.45) is 0. The molecule has 0 bridgehead atoms. The van der Waals surface area contributed by atoms with E-state index >= 15 is 0 Å². The molecule has 0 fully saturated rings. The van der Waals surface area contributed by atoms with Crippen molar-refractivity contribution in [2.45, 2.75) is 6.54 Å². The first-order chi connectivity index (χ1) is 8.28. The number of rotatable bonds is 4. The van der Waals surface area contributed by atoms with E-state index in [1.807, 2.05) is 6.07 Å². The van der Waals surface area contributed by atoms with Gasteiger partial charge in [-0.15, -0.1) is 12.4 Å². The van der Waals surface area contributed by atoms with Gasteiger partial charge in [0.2, 0.25) is 11.7 Å². The van der Waals surface area contributed by atoms with Gasteiger partial charge in [-0.05, 0) is 18.2 Å². The summed E-state index contributed by atoms with van der Waals surface area (Å²) in [6, 6.07) is 5.39.